The number of rotatable bonds is 4. The van der Waals surface area contributed by atoms with E-state index in [0.29, 0.717) is 11.0 Å². The number of furan rings is 1. The highest BCUT2D eigenvalue weighted by atomic mass is 35.5. The number of halogens is 1. The second-order valence-corrected chi connectivity index (χ2v) is 4.55. The summed E-state index contributed by atoms with van der Waals surface area (Å²) >= 11 is 5.97. The lowest BCUT2D eigenvalue weighted by atomic mass is 10.2. The van der Waals surface area contributed by atoms with Gasteiger partial charge in [0.25, 0.3) is 0 Å². The molecule has 3 rings (SSSR count). The van der Waals surface area contributed by atoms with Gasteiger partial charge in [0.05, 0.1) is 12.3 Å². The Hall–Kier alpha value is -3.00. The van der Waals surface area contributed by atoms with E-state index < -0.39 is 4.92 Å². The Morgan fingerprint density at radius 3 is 2.73 bits per heavy atom. The lowest BCUT2D eigenvalue weighted by molar-refractivity contribution is -0.402. The molecule has 0 fully saturated rings. The van der Waals surface area contributed by atoms with Crippen LogP contribution in [-0.4, -0.2) is 21.3 Å². The van der Waals surface area contributed by atoms with E-state index in [1.54, 1.807) is 0 Å². The molecule has 3 aromatic rings. The maximum atomic E-state index is 10.5. The Morgan fingerprint density at radius 2 is 2.00 bits per heavy atom. The van der Waals surface area contributed by atoms with Crippen LogP contribution in [0.3, 0.4) is 0 Å². The van der Waals surface area contributed by atoms with Gasteiger partial charge in [0, 0.05) is 10.8 Å². The van der Waals surface area contributed by atoms with E-state index >= 15 is 0 Å². The summed E-state index contributed by atoms with van der Waals surface area (Å²) in [5, 5.41) is 24.0. The first-order valence-electron chi connectivity index (χ1n) is 6.09. The van der Waals surface area contributed by atoms with Crippen molar-refractivity contribution in [1.82, 2.24) is 10.2 Å². The second-order valence-electron chi connectivity index (χ2n) is 4.19. The van der Waals surface area contributed by atoms with Gasteiger partial charge in [-0.1, -0.05) is 35.9 Å². The molecule has 0 radical (unpaired) electrons. The Balaban J connectivity index is 1.83. The van der Waals surface area contributed by atoms with E-state index in [2.05, 4.69) is 20.7 Å². The Kier molecular flexibility index (Phi) is 3.67. The Labute approximate surface area is 128 Å². The van der Waals surface area contributed by atoms with Crippen LogP contribution in [0.2, 0.25) is 5.15 Å². The van der Waals surface area contributed by atoms with Crippen LogP contribution in [0.1, 0.15) is 5.76 Å². The van der Waals surface area contributed by atoms with Crippen LogP contribution in [0.15, 0.2) is 45.9 Å². The van der Waals surface area contributed by atoms with Crippen molar-refractivity contribution in [1.29, 1.82) is 0 Å². The summed E-state index contributed by atoms with van der Waals surface area (Å²) in [6.45, 7) is 0. The van der Waals surface area contributed by atoms with Gasteiger partial charge in [-0.15, -0.1) is 10.2 Å². The summed E-state index contributed by atoms with van der Waals surface area (Å²) < 4.78 is 4.94. The molecule has 2 heterocycles. The van der Waals surface area contributed by atoms with Crippen molar-refractivity contribution in [2.45, 2.75) is 0 Å². The molecule has 22 heavy (non-hydrogen) atoms. The fourth-order valence-electron chi connectivity index (χ4n) is 1.82. The number of aromatic nitrogens is 2. The van der Waals surface area contributed by atoms with Crippen LogP contribution in [-0.2, 0) is 0 Å². The smallest absolute Gasteiger partial charge is 0.400 e. The third-order valence-electron chi connectivity index (χ3n) is 2.80. The van der Waals surface area contributed by atoms with Gasteiger partial charge in [-0.25, -0.2) is 0 Å². The molecule has 0 unspecified atom stereocenters. The molecule has 0 bridgehead atoms. The van der Waals surface area contributed by atoms with Gasteiger partial charge in [-0.05, 0) is 6.07 Å². The summed E-state index contributed by atoms with van der Waals surface area (Å²) in [6, 6.07) is 10.0. The van der Waals surface area contributed by atoms with Crippen molar-refractivity contribution in [2.75, 3.05) is 5.43 Å². The maximum Gasteiger partial charge on any atom is 0.433 e. The SMILES string of the molecule is O=[N+]([O-])c1ccc(C=NNc2nnc(Cl)c3ccccc23)o1. The van der Waals surface area contributed by atoms with Crippen LogP contribution >= 0.6 is 11.6 Å². The fourth-order valence-corrected chi connectivity index (χ4v) is 2.02. The van der Waals surface area contributed by atoms with Gasteiger partial charge < -0.3 is 4.42 Å². The largest absolute Gasteiger partial charge is 0.433 e. The number of anilines is 1. The monoisotopic (exact) mass is 317 g/mol. The van der Waals surface area contributed by atoms with Gasteiger partial charge in [0.15, 0.2) is 16.7 Å². The molecule has 0 aliphatic rings. The van der Waals surface area contributed by atoms with Crippen LogP contribution in [0, 0.1) is 10.1 Å². The predicted molar refractivity (Wildman–Crippen MR) is 81.1 cm³/mol. The van der Waals surface area contributed by atoms with Crippen molar-refractivity contribution in [2.24, 2.45) is 5.10 Å². The zero-order chi connectivity index (χ0) is 15.5. The highest BCUT2D eigenvalue weighted by Gasteiger charge is 2.10. The molecule has 0 atom stereocenters. The molecule has 0 aliphatic carbocycles. The zero-order valence-electron chi connectivity index (χ0n) is 10.9. The number of hydrogen-bond donors (Lipinski definition) is 1. The summed E-state index contributed by atoms with van der Waals surface area (Å²) in [5.41, 5.74) is 2.71. The van der Waals surface area contributed by atoms with E-state index in [0.717, 1.165) is 10.8 Å². The minimum absolute atomic E-state index is 0.241. The van der Waals surface area contributed by atoms with Crippen LogP contribution < -0.4 is 5.43 Å². The molecule has 0 saturated heterocycles. The minimum atomic E-state index is -0.622. The van der Waals surface area contributed by atoms with Gasteiger partial charge >= 0.3 is 5.88 Å². The number of hydrogen-bond acceptors (Lipinski definition) is 7. The molecule has 110 valence electrons. The molecule has 1 aromatic carbocycles. The molecular formula is C13H8ClN5O3. The number of nitrogens with one attached hydrogen (secondary N) is 1. The quantitative estimate of drug-likeness (QED) is 0.450. The van der Waals surface area contributed by atoms with E-state index in [1.165, 1.54) is 18.3 Å². The van der Waals surface area contributed by atoms with Gasteiger partial charge in [-0.3, -0.25) is 15.5 Å². The third kappa shape index (κ3) is 2.72. The topological polar surface area (TPSA) is 106 Å². The zero-order valence-corrected chi connectivity index (χ0v) is 11.7. The molecule has 1 N–H and O–H groups in total. The number of fused-ring (bicyclic) bond motifs is 1. The standard InChI is InChI=1S/C13H8ClN5O3/c14-12-9-3-1-2-4-10(9)13(18-16-12)17-15-7-8-5-6-11(22-8)19(20)21/h1-7H,(H,17,18). The maximum absolute atomic E-state index is 10.5. The Morgan fingerprint density at radius 1 is 1.23 bits per heavy atom. The molecule has 2 aromatic heterocycles. The predicted octanol–water partition coefficient (Wildman–Crippen LogP) is 3.23. The third-order valence-corrected chi connectivity index (χ3v) is 3.08. The summed E-state index contributed by atoms with van der Waals surface area (Å²) in [4.78, 5) is 9.89. The van der Waals surface area contributed by atoms with E-state index in [1.807, 2.05) is 24.3 Å². The number of hydrazone groups is 1. The van der Waals surface area contributed by atoms with E-state index in [9.17, 15) is 10.1 Å². The average Bonchev–Trinajstić information content (AvgIpc) is 2.99. The molecule has 8 nitrogen and oxygen atoms in total. The van der Waals surface area contributed by atoms with Crippen molar-refractivity contribution in [3.63, 3.8) is 0 Å². The molecule has 0 spiro atoms. The molecule has 0 aliphatic heterocycles. The first-order chi connectivity index (χ1) is 10.6. The molecule has 9 heteroatoms. The van der Waals surface area contributed by atoms with E-state index in [4.69, 9.17) is 16.0 Å². The number of benzene rings is 1. The second kappa shape index (κ2) is 5.78. The van der Waals surface area contributed by atoms with Crippen molar-refractivity contribution < 1.29 is 9.34 Å². The van der Waals surface area contributed by atoms with Crippen molar-refractivity contribution in [3.05, 3.63) is 57.4 Å². The van der Waals surface area contributed by atoms with Gasteiger partial charge in [0.2, 0.25) is 0 Å². The van der Waals surface area contributed by atoms with Crippen molar-refractivity contribution in [3.8, 4) is 0 Å². The van der Waals surface area contributed by atoms with Crippen LogP contribution in [0.25, 0.3) is 10.8 Å². The lowest BCUT2D eigenvalue weighted by Gasteiger charge is -2.04. The van der Waals surface area contributed by atoms with Gasteiger partial charge in [-0.2, -0.15) is 5.10 Å². The normalized spacial score (nSPS) is 11.1. The molecule has 0 amide bonds. The highest BCUT2D eigenvalue weighted by molar-refractivity contribution is 6.34. The molecule has 0 saturated carbocycles. The lowest BCUT2D eigenvalue weighted by Crippen LogP contribution is -1.97. The molecular weight excluding hydrogens is 310 g/mol. The first-order valence-corrected chi connectivity index (χ1v) is 6.47. The average molecular weight is 318 g/mol. The van der Waals surface area contributed by atoms with Crippen molar-refractivity contribution >= 4 is 40.3 Å². The summed E-state index contributed by atoms with van der Waals surface area (Å²) in [6.07, 6.45) is 1.30. The number of nitrogens with zero attached hydrogens (tertiary/aromatic N) is 4. The summed E-state index contributed by atoms with van der Waals surface area (Å²) in [7, 11) is 0. The van der Waals surface area contributed by atoms with E-state index in [-0.39, 0.29) is 11.6 Å². The highest BCUT2D eigenvalue weighted by Crippen LogP contribution is 2.25. The van der Waals surface area contributed by atoms with Crippen LogP contribution in [0.4, 0.5) is 11.7 Å². The van der Waals surface area contributed by atoms with Crippen LogP contribution in [0.5, 0.6) is 0 Å². The first kappa shape index (κ1) is 14.0. The summed E-state index contributed by atoms with van der Waals surface area (Å²) in [5.74, 6) is 0.306. The number of nitro groups is 1. The Bertz CT molecular complexity index is 877. The fraction of sp³-hybridized carbons (Fsp3) is 0. The minimum Gasteiger partial charge on any atom is -0.400 e. The van der Waals surface area contributed by atoms with Gasteiger partial charge in [0.1, 0.15) is 4.92 Å².